The molecule has 0 aliphatic heterocycles. The summed E-state index contributed by atoms with van der Waals surface area (Å²) in [6, 6.07) is 0.827. The number of likely N-dealkylation sites (N-methyl/N-ethyl adjacent to an activating group) is 1. The Labute approximate surface area is 106 Å². The molecule has 1 aromatic rings. The average molecular weight is 259 g/mol. The van der Waals surface area contributed by atoms with Crippen LogP contribution in [0.15, 0.2) is 6.07 Å². The van der Waals surface area contributed by atoms with Crippen molar-refractivity contribution in [1.82, 2.24) is 4.98 Å². The first-order valence-corrected chi connectivity index (χ1v) is 5.82. The smallest absolute Gasteiger partial charge is 0.168 e. The summed E-state index contributed by atoms with van der Waals surface area (Å²) in [6.45, 7) is 4.80. The van der Waals surface area contributed by atoms with Crippen LogP contribution in [0.4, 0.5) is 20.4 Å². The van der Waals surface area contributed by atoms with E-state index in [0.29, 0.717) is 13.2 Å². The lowest BCUT2D eigenvalue weighted by atomic mass is 10.3. The Hall–Kier alpha value is -1.43. The van der Waals surface area contributed by atoms with Gasteiger partial charge in [0.2, 0.25) is 0 Å². The van der Waals surface area contributed by atoms with E-state index in [1.165, 1.54) is 7.05 Å². The van der Waals surface area contributed by atoms with Gasteiger partial charge in [0.05, 0.1) is 12.7 Å². The van der Waals surface area contributed by atoms with Crippen LogP contribution in [0, 0.1) is 11.6 Å². The van der Waals surface area contributed by atoms with E-state index in [4.69, 9.17) is 4.74 Å². The summed E-state index contributed by atoms with van der Waals surface area (Å²) in [5, 5.41) is 2.58. The highest BCUT2D eigenvalue weighted by molar-refractivity contribution is 5.48. The molecule has 0 aromatic carbocycles. The number of halogens is 2. The van der Waals surface area contributed by atoms with Gasteiger partial charge in [0.15, 0.2) is 23.3 Å². The molecule has 0 unspecified atom stereocenters. The van der Waals surface area contributed by atoms with E-state index in [9.17, 15) is 8.78 Å². The molecular weight excluding hydrogens is 240 g/mol. The summed E-state index contributed by atoms with van der Waals surface area (Å²) in [5.74, 6) is -1.25. The molecule has 1 heterocycles. The van der Waals surface area contributed by atoms with Crippen LogP contribution < -0.4 is 10.2 Å². The number of pyridine rings is 1. The molecular formula is C12H19F2N3O. The molecule has 0 radical (unpaired) electrons. The molecule has 0 saturated heterocycles. The van der Waals surface area contributed by atoms with Crippen molar-refractivity contribution in [3.8, 4) is 0 Å². The molecule has 4 nitrogen and oxygen atoms in total. The van der Waals surface area contributed by atoms with E-state index in [0.717, 1.165) is 6.07 Å². The number of hydrogen-bond donors (Lipinski definition) is 1. The number of anilines is 2. The summed E-state index contributed by atoms with van der Waals surface area (Å²) < 4.78 is 32.2. The number of nitrogens with zero attached hydrogens (tertiary/aromatic N) is 2. The Morgan fingerprint density at radius 3 is 2.61 bits per heavy atom. The van der Waals surface area contributed by atoms with Crippen molar-refractivity contribution in [2.75, 3.05) is 37.5 Å². The fraction of sp³-hybridized carbons (Fsp3) is 0.583. The van der Waals surface area contributed by atoms with Gasteiger partial charge in [-0.25, -0.2) is 13.8 Å². The van der Waals surface area contributed by atoms with Crippen LogP contribution in [-0.2, 0) is 4.74 Å². The van der Waals surface area contributed by atoms with Crippen molar-refractivity contribution < 1.29 is 13.5 Å². The third kappa shape index (κ3) is 3.80. The molecule has 6 heteroatoms. The van der Waals surface area contributed by atoms with E-state index in [1.54, 1.807) is 11.9 Å². The highest BCUT2D eigenvalue weighted by atomic mass is 19.1. The Kier molecular flexibility index (Phi) is 5.27. The summed E-state index contributed by atoms with van der Waals surface area (Å²) >= 11 is 0. The number of aromatic nitrogens is 1. The van der Waals surface area contributed by atoms with Crippen molar-refractivity contribution in [2.45, 2.75) is 20.0 Å². The molecule has 0 spiro atoms. The Morgan fingerprint density at radius 2 is 2.06 bits per heavy atom. The third-order valence-corrected chi connectivity index (χ3v) is 2.39. The van der Waals surface area contributed by atoms with Crippen LogP contribution >= 0.6 is 0 Å². The fourth-order valence-electron chi connectivity index (χ4n) is 1.43. The maximum atomic E-state index is 13.6. The first-order valence-electron chi connectivity index (χ1n) is 5.82. The minimum Gasteiger partial charge on any atom is -0.377 e. The van der Waals surface area contributed by atoms with Gasteiger partial charge >= 0.3 is 0 Å². The van der Waals surface area contributed by atoms with Crippen LogP contribution in [0.3, 0.4) is 0 Å². The third-order valence-electron chi connectivity index (χ3n) is 2.39. The Balaban J connectivity index is 2.75. The molecule has 0 amide bonds. The lowest BCUT2D eigenvalue weighted by molar-refractivity contribution is 0.0845. The first-order chi connectivity index (χ1) is 8.45. The predicted molar refractivity (Wildman–Crippen MR) is 68.1 cm³/mol. The number of rotatable bonds is 6. The van der Waals surface area contributed by atoms with E-state index in [2.05, 4.69) is 10.3 Å². The summed E-state index contributed by atoms with van der Waals surface area (Å²) in [6.07, 6.45) is 0.122. The molecule has 0 saturated carbocycles. The van der Waals surface area contributed by atoms with Gasteiger partial charge in [0.25, 0.3) is 0 Å². The molecule has 0 aliphatic rings. The molecule has 1 aromatic heterocycles. The highest BCUT2D eigenvalue weighted by Gasteiger charge is 2.14. The zero-order valence-electron chi connectivity index (χ0n) is 11.1. The normalized spacial score (nSPS) is 10.8. The van der Waals surface area contributed by atoms with Crippen molar-refractivity contribution in [1.29, 1.82) is 0 Å². The van der Waals surface area contributed by atoms with Gasteiger partial charge in [-0.15, -0.1) is 0 Å². The summed E-state index contributed by atoms with van der Waals surface area (Å²) in [7, 11) is 3.22. The topological polar surface area (TPSA) is 37.4 Å². The van der Waals surface area contributed by atoms with Crippen LogP contribution in [-0.4, -0.2) is 38.3 Å². The Bertz CT molecular complexity index is 399. The second kappa shape index (κ2) is 6.49. The van der Waals surface area contributed by atoms with Crippen LogP contribution in [0.25, 0.3) is 0 Å². The monoisotopic (exact) mass is 259 g/mol. The predicted octanol–water partition coefficient (Wildman–Crippen LogP) is 2.26. The second-order valence-electron chi connectivity index (χ2n) is 4.22. The van der Waals surface area contributed by atoms with E-state index in [1.807, 2.05) is 13.8 Å². The molecule has 0 aliphatic carbocycles. The maximum Gasteiger partial charge on any atom is 0.168 e. The molecule has 102 valence electrons. The number of nitrogens with one attached hydrogen (secondary N) is 1. The molecule has 0 atom stereocenters. The zero-order chi connectivity index (χ0) is 13.7. The maximum absolute atomic E-state index is 13.6. The summed E-state index contributed by atoms with van der Waals surface area (Å²) in [4.78, 5) is 5.49. The lowest BCUT2D eigenvalue weighted by Crippen LogP contribution is -2.26. The first kappa shape index (κ1) is 14.6. The SMILES string of the molecule is CNc1nc(N(C)CCOC(C)C)c(F)cc1F. The van der Waals surface area contributed by atoms with E-state index < -0.39 is 11.6 Å². The Morgan fingerprint density at radius 1 is 1.39 bits per heavy atom. The molecule has 18 heavy (non-hydrogen) atoms. The van der Waals surface area contributed by atoms with Crippen molar-refractivity contribution in [2.24, 2.45) is 0 Å². The van der Waals surface area contributed by atoms with Crippen molar-refractivity contribution in [3.63, 3.8) is 0 Å². The molecule has 1 N–H and O–H groups in total. The van der Waals surface area contributed by atoms with Gasteiger partial charge in [-0.2, -0.15) is 0 Å². The minimum absolute atomic E-state index is 0.0306. The van der Waals surface area contributed by atoms with Crippen LogP contribution in [0.2, 0.25) is 0 Å². The van der Waals surface area contributed by atoms with Gasteiger partial charge in [-0.3, -0.25) is 0 Å². The lowest BCUT2D eigenvalue weighted by Gasteiger charge is -2.20. The van der Waals surface area contributed by atoms with Crippen molar-refractivity contribution in [3.05, 3.63) is 17.7 Å². The van der Waals surface area contributed by atoms with Crippen molar-refractivity contribution >= 4 is 11.6 Å². The van der Waals surface area contributed by atoms with Crippen LogP contribution in [0.1, 0.15) is 13.8 Å². The van der Waals surface area contributed by atoms with E-state index in [-0.39, 0.29) is 17.7 Å². The van der Waals surface area contributed by atoms with Gasteiger partial charge < -0.3 is 15.0 Å². The largest absolute Gasteiger partial charge is 0.377 e. The average Bonchev–Trinajstić information content (AvgIpc) is 2.28. The zero-order valence-corrected chi connectivity index (χ0v) is 11.1. The standard InChI is InChI=1S/C12H19F2N3O/c1-8(2)18-6-5-17(4)12-10(14)7-9(13)11(15-3)16-12/h7-8H,5-6H2,1-4H3,(H,15,16). The number of ether oxygens (including phenoxy) is 1. The number of hydrogen-bond acceptors (Lipinski definition) is 4. The molecule has 1 rings (SSSR count). The van der Waals surface area contributed by atoms with Gasteiger partial charge in [-0.1, -0.05) is 0 Å². The highest BCUT2D eigenvalue weighted by Crippen LogP contribution is 2.20. The molecule has 0 bridgehead atoms. The van der Waals surface area contributed by atoms with Gasteiger partial charge in [0.1, 0.15) is 0 Å². The quantitative estimate of drug-likeness (QED) is 0.850. The summed E-state index contributed by atoms with van der Waals surface area (Å²) in [5.41, 5.74) is 0. The van der Waals surface area contributed by atoms with E-state index >= 15 is 0 Å². The van der Waals surface area contributed by atoms with Gasteiger partial charge in [-0.05, 0) is 13.8 Å². The van der Waals surface area contributed by atoms with Crippen LogP contribution in [0.5, 0.6) is 0 Å². The molecule has 0 fully saturated rings. The van der Waals surface area contributed by atoms with Gasteiger partial charge in [0, 0.05) is 26.7 Å². The minimum atomic E-state index is -0.703. The fourth-order valence-corrected chi connectivity index (χ4v) is 1.43. The second-order valence-corrected chi connectivity index (χ2v) is 4.22.